The summed E-state index contributed by atoms with van der Waals surface area (Å²) in [5.41, 5.74) is 4.71. The van der Waals surface area contributed by atoms with Gasteiger partial charge in [0.25, 0.3) is 5.91 Å². The van der Waals surface area contributed by atoms with Crippen molar-refractivity contribution in [1.82, 2.24) is 5.43 Å². The molecule has 0 bridgehead atoms. The molecule has 8 nitrogen and oxygen atoms in total. The maximum absolute atomic E-state index is 12.5. The first-order valence-corrected chi connectivity index (χ1v) is 14.7. The van der Waals surface area contributed by atoms with Gasteiger partial charge in [-0.25, -0.2) is 13.8 Å². The van der Waals surface area contributed by atoms with Crippen LogP contribution in [0.2, 0.25) is 15.1 Å². The molecule has 1 N–H and O–H groups in total. The number of sulfonamides is 1. The van der Waals surface area contributed by atoms with Gasteiger partial charge in [0.15, 0.2) is 11.5 Å². The third-order valence-corrected chi connectivity index (χ3v) is 7.90. The first-order chi connectivity index (χ1) is 17.9. The molecule has 0 atom stereocenters. The SMILES string of the molecule is COc1cc(/C=N\NC(=O)CN(c2ccc(C)c(Cl)c2)S(C)(=O)=O)cc(Br)c1OCc1ccc(Cl)cc1Cl. The Labute approximate surface area is 244 Å². The van der Waals surface area contributed by atoms with Crippen LogP contribution in [0, 0.1) is 6.92 Å². The highest BCUT2D eigenvalue weighted by Crippen LogP contribution is 2.37. The normalized spacial score (nSPS) is 11.4. The number of carbonyl (C=O) groups is 1. The number of nitrogens with one attached hydrogen (secondary N) is 1. The van der Waals surface area contributed by atoms with E-state index in [1.54, 1.807) is 49.4 Å². The number of carbonyl (C=O) groups excluding carboxylic acids is 1. The molecule has 0 heterocycles. The first-order valence-electron chi connectivity index (χ1n) is 10.9. The summed E-state index contributed by atoms with van der Waals surface area (Å²) in [7, 11) is -2.27. The number of ether oxygens (including phenoxy) is 2. The van der Waals surface area contributed by atoms with Crippen molar-refractivity contribution in [2.24, 2.45) is 5.10 Å². The Balaban J connectivity index is 1.70. The molecular formula is C25H23BrCl3N3O5S. The Morgan fingerprint density at radius 3 is 2.47 bits per heavy atom. The van der Waals surface area contributed by atoms with Crippen molar-refractivity contribution in [3.63, 3.8) is 0 Å². The molecule has 0 fully saturated rings. The van der Waals surface area contributed by atoms with Crippen LogP contribution in [0.3, 0.4) is 0 Å². The molecule has 3 aromatic carbocycles. The molecule has 0 aliphatic rings. The van der Waals surface area contributed by atoms with Crippen LogP contribution < -0.4 is 19.2 Å². The second kappa shape index (κ2) is 13.0. The van der Waals surface area contributed by atoms with Gasteiger partial charge in [-0.3, -0.25) is 9.10 Å². The van der Waals surface area contributed by atoms with Gasteiger partial charge in [0, 0.05) is 20.6 Å². The predicted molar refractivity (Wildman–Crippen MR) is 156 cm³/mol. The summed E-state index contributed by atoms with van der Waals surface area (Å²) in [6.45, 7) is 1.49. The molecule has 0 saturated heterocycles. The highest BCUT2D eigenvalue weighted by atomic mass is 79.9. The fourth-order valence-corrected chi connectivity index (χ4v) is 5.28. The molecule has 13 heteroatoms. The van der Waals surface area contributed by atoms with E-state index in [0.29, 0.717) is 36.6 Å². The first kappa shape index (κ1) is 30.0. The Morgan fingerprint density at radius 1 is 1.11 bits per heavy atom. The van der Waals surface area contributed by atoms with E-state index in [4.69, 9.17) is 44.3 Å². The molecule has 0 saturated carbocycles. The average Bonchev–Trinajstić information content (AvgIpc) is 2.83. The van der Waals surface area contributed by atoms with Crippen LogP contribution in [0.4, 0.5) is 5.69 Å². The number of amides is 1. The number of anilines is 1. The minimum Gasteiger partial charge on any atom is -0.493 e. The number of hydrogen-bond acceptors (Lipinski definition) is 6. The van der Waals surface area contributed by atoms with Gasteiger partial charge in [0.2, 0.25) is 10.0 Å². The number of hydrazone groups is 1. The van der Waals surface area contributed by atoms with Gasteiger partial charge >= 0.3 is 0 Å². The van der Waals surface area contributed by atoms with Crippen molar-refractivity contribution >= 4 is 78.6 Å². The molecule has 38 heavy (non-hydrogen) atoms. The van der Waals surface area contributed by atoms with Gasteiger partial charge in [-0.1, -0.05) is 46.9 Å². The third kappa shape index (κ3) is 8.00. The van der Waals surface area contributed by atoms with Crippen LogP contribution in [0.1, 0.15) is 16.7 Å². The Kier molecular flexibility index (Phi) is 10.3. The van der Waals surface area contributed by atoms with Gasteiger partial charge in [0.05, 0.1) is 29.7 Å². The second-order valence-corrected chi connectivity index (χ2v) is 12.1. The van der Waals surface area contributed by atoms with E-state index in [1.807, 2.05) is 0 Å². The molecule has 3 aromatic rings. The maximum atomic E-state index is 12.5. The summed E-state index contributed by atoms with van der Waals surface area (Å²) < 4.78 is 37.5. The minimum absolute atomic E-state index is 0.178. The number of rotatable bonds is 10. The predicted octanol–water partition coefficient (Wildman–Crippen LogP) is 6.22. The van der Waals surface area contributed by atoms with E-state index in [2.05, 4.69) is 26.5 Å². The van der Waals surface area contributed by atoms with Crippen molar-refractivity contribution in [3.8, 4) is 11.5 Å². The standard InChI is InChI=1S/C25H23BrCl3N3O5S/c1-15-4-7-19(11-21(15)28)32(38(3,34)35)13-24(33)31-30-12-16-8-20(26)25(23(9-16)36-2)37-14-17-5-6-18(27)10-22(17)29/h4-12H,13-14H2,1-3H3,(H,31,33)/b30-12-. The van der Waals surface area contributed by atoms with Gasteiger partial charge < -0.3 is 9.47 Å². The lowest BCUT2D eigenvalue weighted by molar-refractivity contribution is -0.119. The van der Waals surface area contributed by atoms with Gasteiger partial charge in [0.1, 0.15) is 13.2 Å². The molecular weight excluding hydrogens is 641 g/mol. The number of benzene rings is 3. The van der Waals surface area contributed by atoms with E-state index in [9.17, 15) is 13.2 Å². The molecule has 1 amide bonds. The fraction of sp³-hybridized carbons (Fsp3) is 0.200. The summed E-state index contributed by atoms with van der Waals surface area (Å²) >= 11 is 21.8. The van der Waals surface area contributed by atoms with E-state index < -0.39 is 22.5 Å². The fourth-order valence-electron chi connectivity index (χ4n) is 3.22. The van der Waals surface area contributed by atoms with Crippen molar-refractivity contribution in [2.75, 3.05) is 24.2 Å². The largest absolute Gasteiger partial charge is 0.493 e. The minimum atomic E-state index is -3.76. The lowest BCUT2D eigenvalue weighted by Gasteiger charge is -2.21. The van der Waals surface area contributed by atoms with Crippen molar-refractivity contribution in [1.29, 1.82) is 0 Å². The lowest BCUT2D eigenvalue weighted by atomic mass is 10.2. The van der Waals surface area contributed by atoms with E-state index in [1.165, 1.54) is 19.4 Å². The average molecular weight is 664 g/mol. The van der Waals surface area contributed by atoms with Crippen LogP contribution in [0.15, 0.2) is 58.1 Å². The van der Waals surface area contributed by atoms with Gasteiger partial charge in [-0.05, 0) is 70.4 Å². The summed E-state index contributed by atoms with van der Waals surface area (Å²) in [5.74, 6) is 0.214. The molecule has 0 aliphatic heterocycles. The van der Waals surface area contributed by atoms with Crippen molar-refractivity contribution in [2.45, 2.75) is 13.5 Å². The van der Waals surface area contributed by atoms with Crippen LogP contribution >= 0.6 is 50.7 Å². The lowest BCUT2D eigenvalue weighted by Crippen LogP contribution is -2.39. The quantitative estimate of drug-likeness (QED) is 0.205. The Morgan fingerprint density at radius 2 is 1.84 bits per heavy atom. The summed E-state index contributed by atoms with van der Waals surface area (Å²) in [5, 5.41) is 5.33. The molecule has 0 radical (unpaired) electrons. The topological polar surface area (TPSA) is 97.3 Å². The van der Waals surface area contributed by atoms with Crippen molar-refractivity contribution < 1.29 is 22.7 Å². The number of halogens is 4. The number of methoxy groups -OCH3 is 1. The van der Waals surface area contributed by atoms with Gasteiger partial charge in [-0.15, -0.1) is 0 Å². The van der Waals surface area contributed by atoms with Crippen LogP contribution in [-0.4, -0.2) is 40.4 Å². The summed E-state index contributed by atoms with van der Waals surface area (Å²) in [6.07, 6.45) is 2.39. The second-order valence-electron chi connectivity index (χ2n) is 8.05. The van der Waals surface area contributed by atoms with E-state index in [0.717, 1.165) is 21.7 Å². The monoisotopic (exact) mass is 661 g/mol. The molecule has 0 aliphatic carbocycles. The van der Waals surface area contributed by atoms with Crippen LogP contribution in [0.5, 0.6) is 11.5 Å². The molecule has 3 rings (SSSR count). The zero-order valence-corrected chi connectivity index (χ0v) is 25.1. The summed E-state index contributed by atoms with van der Waals surface area (Å²) in [6, 6.07) is 13.2. The molecule has 202 valence electrons. The Bertz CT molecular complexity index is 1490. The van der Waals surface area contributed by atoms with E-state index >= 15 is 0 Å². The third-order valence-electron chi connectivity index (χ3n) is 5.17. The number of aryl methyl sites for hydroxylation is 1. The highest BCUT2D eigenvalue weighted by molar-refractivity contribution is 9.10. The smallest absolute Gasteiger partial charge is 0.260 e. The summed E-state index contributed by atoms with van der Waals surface area (Å²) in [4.78, 5) is 12.5. The molecule has 0 aromatic heterocycles. The number of nitrogens with zero attached hydrogens (tertiary/aromatic N) is 2. The highest BCUT2D eigenvalue weighted by Gasteiger charge is 2.21. The van der Waals surface area contributed by atoms with Gasteiger partial charge in [-0.2, -0.15) is 5.10 Å². The van der Waals surface area contributed by atoms with Crippen molar-refractivity contribution in [3.05, 3.63) is 84.8 Å². The van der Waals surface area contributed by atoms with Crippen LogP contribution in [-0.2, 0) is 21.4 Å². The molecule has 0 unspecified atom stereocenters. The number of hydrogen-bond donors (Lipinski definition) is 1. The maximum Gasteiger partial charge on any atom is 0.260 e. The zero-order valence-electron chi connectivity index (χ0n) is 20.5. The van der Waals surface area contributed by atoms with E-state index in [-0.39, 0.29) is 12.3 Å². The zero-order chi connectivity index (χ0) is 28.0. The Hall–Kier alpha value is -2.50. The molecule has 0 spiro atoms. The van der Waals surface area contributed by atoms with Crippen LogP contribution in [0.25, 0.3) is 0 Å².